The van der Waals surface area contributed by atoms with E-state index < -0.39 is 40.5 Å². The molecule has 3 unspecified atom stereocenters. The Bertz CT molecular complexity index is 697. The van der Waals surface area contributed by atoms with E-state index in [9.17, 15) is 29.7 Å². The Balaban J connectivity index is 4.27. The molecule has 0 rings (SSSR count). The SMILES string of the molecule is CCC/C=C/CCCCCCCCCCCCCCCCCCC[N+](C(CC)C(=O)O)(C(CC)C(=O)O)C(CC)C(=O)O. The maximum absolute atomic E-state index is 12.3. The highest BCUT2D eigenvalue weighted by Gasteiger charge is 2.55. The van der Waals surface area contributed by atoms with Gasteiger partial charge in [0.1, 0.15) is 0 Å². The van der Waals surface area contributed by atoms with Crippen LogP contribution in [0.1, 0.15) is 175 Å². The number of quaternary nitrogens is 1. The van der Waals surface area contributed by atoms with Crippen molar-refractivity contribution in [1.29, 1.82) is 0 Å². The molecule has 0 heterocycles. The summed E-state index contributed by atoms with van der Waals surface area (Å²) in [5, 5.41) is 30.1. The zero-order chi connectivity index (χ0) is 32.3. The molecule has 252 valence electrons. The summed E-state index contributed by atoms with van der Waals surface area (Å²) in [6.45, 7) is 7.63. The highest BCUT2D eigenvalue weighted by molar-refractivity contribution is 5.78. The normalized spacial score (nSPS) is 15.3. The van der Waals surface area contributed by atoms with Crippen molar-refractivity contribution in [2.45, 2.75) is 193 Å². The topological polar surface area (TPSA) is 112 Å². The highest BCUT2D eigenvalue weighted by atomic mass is 16.4. The van der Waals surface area contributed by atoms with E-state index in [4.69, 9.17) is 0 Å². The van der Waals surface area contributed by atoms with Crippen molar-refractivity contribution in [3.8, 4) is 0 Å². The number of carboxylic acids is 3. The van der Waals surface area contributed by atoms with E-state index in [1.54, 1.807) is 20.8 Å². The molecule has 0 aliphatic rings. The first kappa shape index (κ1) is 41.1. The van der Waals surface area contributed by atoms with Gasteiger partial charge in [-0.05, 0) is 32.1 Å². The van der Waals surface area contributed by atoms with Gasteiger partial charge in [-0.3, -0.25) is 4.48 Å². The summed E-state index contributed by atoms with van der Waals surface area (Å²) >= 11 is 0. The lowest BCUT2D eigenvalue weighted by molar-refractivity contribution is -0.973. The van der Waals surface area contributed by atoms with Crippen molar-refractivity contribution in [2.24, 2.45) is 0 Å². The smallest absolute Gasteiger partial charge is 0.362 e. The molecule has 0 radical (unpaired) electrons. The van der Waals surface area contributed by atoms with Gasteiger partial charge in [-0.1, -0.05) is 136 Å². The highest BCUT2D eigenvalue weighted by Crippen LogP contribution is 2.32. The molecule has 0 aliphatic heterocycles. The van der Waals surface area contributed by atoms with Gasteiger partial charge in [-0.15, -0.1) is 0 Å². The second kappa shape index (κ2) is 26.5. The van der Waals surface area contributed by atoms with Crippen LogP contribution in [0, 0.1) is 0 Å². The van der Waals surface area contributed by atoms with Gasteiger partial charge in [0, 0.05) is 19.3 Å². The summed E-state index contributed by atoms with van der Waals surface area (Å²) in [6.07, 6.45) is 29.8. The van der Waals surface area contributed by atoms with Gasteiger partial charge in [0.15, 0.2) is 18.1 Å². The Morgan fingerprint density at radius 1 is 0.465 bits per heavy atom. The van der Waals surface area contributed by atoms with Gasteiger partial charge in [0.25, 0.3) is 0 Å². The molecule has 3 atom stereocenters. The molecule has 0 aromatic rings. The van der Waals surface area contributed by atoms with Crippen molar-refractivity contribution in [1.82, 2.24) is 0 Å². The van der Waals surface area contributed by atoms with E-state index in [0.29, 0.717) is 6.42 Å². The van der Waals surface area contributed by atoms with Crippen molar-refractivity contribution in [2.75, 3.05) is 6.54 Å². The summed E-state index contributed by atoms with van der Waals surface area (Å²) < 4.78 is -0.402. The zero-order valence-corrected chi connectivity index (χ0v) is 28.4. The first-order valence-corrected chi connectivity index (χ1v) is 17.9. The zero-order valence-electron chi connectivity index (χ0n) is 28.4. The summed E-state index contributed by atoms with van der Waals surface area (Å²) in [7, 11) is 0. The molecule has 0 aromatic heterocycles. The minimum absolute atomic E-state index is 0.195. The van der Waals surface area contributed by atoms with E-state index in [1.807, 2.05) is 0 Å². The fraction of sp³-hybridized carbons (Fsp3) is 0.861. The van der Waals surface area contributed by atoms with E-state index in [-0.39, 0.29) is 25.8 Å². The molecule has 0 saturated heterocycles. The molecule has 0 aromatic carbocycles. The van der Waals surface area contributed by atoms with E-state index in [2.05, 4.69) is 19.1 Å². The number of unbranched alkanes of at least 4 members (excludes halogenated alkanes) is 18. The average molecular weight is 611 g/mol. The third-order valence-electron chi connectivity index (χ3n) is 9.29. The monoisotopic (exact) mass is 611 g/mol. The number of rotatable bonds is 31. The predicted octanol–water partition coefficient (Wildman–Crippen LogP) is 9.77. The Labute approximate surface area is 264 Å². The predicted molar refractivity (Wildman–Crippen MR) is 177 cm³/mol. The number of allylic oxidation sites excluding steroid dienone is 2. The van der Waals surface area contributed by atoms with Crippen LogP contribution in [-0.2, 0) is 14.4 Å². The molecule has 0 aliphatic carbocycles. The summed E-state index contributed by atoms with van der Waals surface area (Å²) in [6, 6.07) is -3.18. The van der Waals surface area contributed by atoms with Gasteiger partial charge >= 0.3 is 17.9 Å². The Hall–Kier alpha value is -1.89. The lowest BCUT2D eigenvalue weighted by atomic mass is 9.93. The van der Waals surface area contributed by atoms with Gasteiger partial charge < -0.3 is 15.3 Å². The Morgan fingerprint density at radius 3 is 1.02 bits per heavy atom. The number of aliphatic carboxylic acids is 3. The molecule has 7 nitrogen and oxygen atoms in total. The Morgan fingerprint density at radius 2 is 0.744 bits per heavy atom. The number of carboxylic acid groups (broad SMARTS) is 3. The third-order valence-corrected chi connectivity index (χ3v) is 9.29. The lowest BCUT2D eigenvalue weighted by Crippen LogP contribution is -2.72. The second-order valence-electron chi connectivity index (χ2n) is 12.6. The van der Waals surface area contributed by atoms with Gasteiger partial charge in [-0.2, -0.15) is 0 Å². The van der Waals surface area contributed by atoms with Crippen LogP contribution >= 0.6 is 0 Å². The fourth-order valence-electron chi connectivity index (χ4n) is 6.98. The first-order chi connectivity index (χ1) is 20.7. The largest absolute Gasteiger partial charge is 0.477 e. The van der Waals surface area contributed by atoms with Crippen molar-refractivity contribution in [3.63, 3.8) is 0 Å². The minimum Gasteiger partial charge on any atom is -0.477 e. The standard InChI is InChI=1S/C36H67NO6/c1-5-9-10-11-12-13-14-15-16-17-18-19-20-21-22-23-24-25-26-27-28-29-30-37(31(6-2)34(38)39,32(7-3)35(40)41)33(8-4)36(42)43/h10-11,31-33H,5-9,12-30H2,1-4H3,(H2-,38,39,40,41,42,43)/p+1/b11-10+. The van der Waals surface area contributed by atoms with Crippen LogP contribution in [0.2, 0.25) is 0 Å². The quantitative estimate of drug-likeness (QED) is 0.0409. The van der Waals surface area contributed by atoms with E-state index in [0.717, 1.165) is 19.3 Å². The van der Waals surface area contributed by atoms with Crippen LogP contribution in [0.15, 0.2) is 12.2 Å². The van der Waals surface area contributed by atoms with Crippen LogP contribution in [0.25, 0.3) is 0 Å². The first-order valence-electron chi connectivity index (χ1n) is 17.9. The van der Waals surface area contributed by atoms with Crippen molar-refractivity contribution < 1.29 is 34.2 Å². The summed E-state index contributed by atoms with van der Waals surface area (Å²) in [4.78, 5) is 36.9. The molecule has 0 bridgehead atoms. The second-order valence-corrected chi connectivity index (χ2v) is 12.6. The summed E-state index contributed by atoms with van der Waals surface area (Å²) in [5.41, 5.74) is 0. The van der Waals surface area contributed by atoms with E-state index >= 15 is 0 Å². The van der Waals surface area contributed by atoms with Crippen molar-refractivity contribution in [3.05, 3.63) is 12.2 Å². The maximum Gasteiger partial charge on any atom is 0.362 e. The van der Waals surface area contributed by atoms with Crippen LogP contribution in [0.3, 0.4) is 0 Å². The maximum atomic E-state index is 12.3. The number of carbonyl (C=O) groups is 3. The molecule has 0 saturated carbocycles. The number of nitrogens with zero attached hydrogens (tertiary/aromatic N) is 1. The van der Waals surface area contributed by atoms with Gasteiger partial charge in [-0.25, -0.2) is 14.4 Å². The number of hydrogen-bond acceptors (Lipinski definition) is 3. The Kier molecular flexibility index (Phi) is 25.3. The molecular formula is C36H68NO6+. The number of hydrogen-bond donors (Lipinski definition) is 3. The molecule has 0 spiro atoms. The van der Waals surface area contributed by atoms with Crippen LogP contribution < -0.4 is 0 Å². The molecular weight excluding hydrogens is 542 g/mol. The van der Waals surface area contributed by atoms with Crippen LogP contribution in [0.5, 0.6) is 0 Å². The van der Waals surface area contributed by atoms with Gasteiger partial charge in [0.05, 0.1) is 6.54 Å². The summed E-state index contributed by atoms with van der Waals surface area (Å²) in [5.74, 6) is -3.34. The van der Waals surface area contributed by atoms with Crippen molar-refractivity contribution >= 4 is 17.9 Å². The van der Waals surface area contributed by atoms with E-state index in [1.165, 1.54) is 103 Å². The van der Waals surface area contributed by atoms with Crippen LogP contribution in [0.4, 0.5) is 0 Å². The van der Waals surface area contributed by atoms with Gasteiger partial charge in [0.2, 0.25) is 0 Å². The molecule has 0 fully saturated rings. The lowest BCUT2D eigenvalue weighted by Gasteiger charge is -2.49. The molecule has 43 heavy (non-hydrogen) atoms. The third kappa shape index (κ3) is 16.7. The molecule has 7 heteroatoms. The molecule has 3 N–H and O–H groups in total. The molecule has 0 amide bonds. The van der Waals surface area contributed by atoms with Crippen LogP contribution in [-0.4, -0.2) is 62.4 Å². The minimum atomic E-state index is -1.11. The fourth-order valence-corrected chi connectivity index (χ4v) is 6.98. The average Bonchev–Trinajstić information content (AvgIpc) is 2.96.